The van der Waals surface area contributed by atoms with E-state index in [-0.39, 0.29) is 11.9 Å². The van der Waals surface area contributed by atoms with E-state index in [1.165, 1.54) is 7.05 Å². The second-order valence-electron chi connectivity index (χ2n) is 3.53. The highest BCUT2D eigenvalue weighted by molar-refractivity contribution is 6.05. The van der Waals surface area contributed by atoms with Crippen LogP contribution < -0.4 is 5.73 Å². The van der Waals surface area contributed by atoms with Gasteiger partial charge in [0, 0.05) is 24.3 Å². The normalized spacial score (nSPS) is 10.3. The lowest BCUT2D eigenvalue weighted by molar-refractivity contribution is 0.0869. The molecule has 0 radical (unpaired) electrons. The predicted molar refractivity (Wildman–Crippen MR) is 62.3 cm³/mol. The van der Waals surface area contributed by atoms with Crippen LogP contribution in [0.5, 0.6) is 0 Å². The quantitative estimate of drug-likeness (QED) is 0.493. The Hall–Kier alpha value is -2.30. The SMILES string of the molecule is CN(C(=N)N)C(=O)c1ccc2cc[nH]c2c1. The number of aromatic nitrogens is 1. The highest BCUT2D eigenvalue weighted by atomic mass is 16.2. The first kappa shape index (κ1) is 10.2. The second kappa shape index (κ2) is 3.69. The molecule has 0 aliphatic heterocycles. The van der Waals surface area contributed by atoms with Gasteiger partial charge in [-0.15, -0.1) is 0 Å². The van der Waals surface area contributed by atoms with Gasteiger partial charge in [-0.1, -0.05) is 6.07 Å². The number of fused-ring (bicyclic) bond motifs is 1. The van der Waals surface area contributed by atoms with Crippen molar-refractivity contribution in [2.45, 2.75) is 0 Å². The van der Waals surface area contributed by atoms with Crippen molar-refractivity contribution >= 4 is 22.8 Å². The van der Waals surface area contributed by atoms with E-state index in [9.17, 15) is 4.79 Å². The summed E-state index contributed by atoms with van der Waals surface area (Å²) in [5.74, 6) is -0.555. The summed E-state index contributed by atoms with van der Waals surface area (Å²) in [6, 6.07) is 7.25. The van der Waals surface area contributed by atoms with Gasteiger partial charge in [-0.2, -0.15) is 0 Å². The molecule has 2 rings (SSSR count). The zero-order valence-electron chi connectivity index (χ0n) is 8.82. The van der Waals surface area contributed by atoms with Gasteiger partial charge < -0.3 is 10.7 Å². The van der Waals surface area contributed by atoms with Gasteiger partial charge >= 0.3 is 0 Å². The van der Waals surface area contributed by atoms with Crippen LogP contribution in [-0.4, -0.2) is 28.8 Å². The Morgan fingerprint density at radius 2 is 2.19 bits per heavy atom. The molecule has 1 aromatic carbocycles. The second-order valence-corrected chi connectivity index (χ2v) is 3.53. The number of amides is 1. The van der Waals surface area contributed by atoms with E-state index in [4.69, 9.17) is 11.1 Å². The maximum Gasteiger partial charge on any atom is 0.260 e. The average molecular weight is 216 g/mol. The van der Waals surface area contributed by atoms with Gasteiger partial charge in [0.05, 0.1) is 0 Å². The first-order chi connectivity index (χ1) is 7.59. The number of hydrogen-bond donors (Lipinski definition) is 3. The average Bonchev–Trinajstić information content (AvgIpc) is 2.73. The van der Waals surface area contributed by atoms with Crippen molar-refractivity contribution in [1.29, 1.82) is 5.41 Å². The Morgan fingerprint density at radius 3 is 2.88 bits per heavy atom. The standard InChI is InChI=1S/C11H12N4O/c1-15(11(12)13)10(16)8-3-2-7-4-5-14-9(7)6-8/h2-6,14H,1H3,(H3,12,13). The number of carbonyl (C=O) groups excluding carboxylic acids is 1. The predicted octanol–water partition coefficient (Wildman–Crippen LogP) is 1.13. The van der Waals surface area contributed by atoms with Crippen LogP contribution in [0.1, 0.15) is 10.4 Å². The smallest absolute Gasteiger partial charge is 0.260 e. The maximum atomic E-state index is 11.8. The molecule has 0 saturated carbocycles. The topological polar surface area (TPSA) is 86.0 Å². The van der Waals surface area contributed by atoms with Gasteiger partial charge in [-0.05, 0) is 23.6 Å². The molecule has 2 aromatic rings. The van der Waals surface area contributed by atoms with Gasteiger partial charge in [0.25, 0.3) is 5.91 Å². The van der Waals surface area contributed by atoms with Crippen molar-refractivity contribution in [2.75, 3.05) is 7.05 Å². The molecule has 0 unspecified atom stereocenters. The van der Waals surface area contributed by atoms with E-state index in [0.717, 1.165) is 15.8 Å². The molecule has 0 spiro atoms. The van der Waals surface area contributed by atoms with E-state index in [2.05, 4.69) is 4.98 Å². The molecule has 0 fully saturated rings. The number of hydrogen-bond acceptors (Lipinski definition) is 2. The first-order valence-electron chi connectivity index (χ1n) is 4.79. The fourth-order valence-electron chi connectivity index (χ4n) is 1.48. The molecule has 0 bridgehead atoms. The number of carbonyl (C=O) groups is 1. The molecule has 82 valence electrons. The molecule has 1 aromatic heterocycles. The highest BCUT2D eigenvalue weighted by Gasteiger charge is 2.13. The van der Waals surface area contributed by atoms with E-state index in [1.54, 1.807) is 12.1 Å². The largest absolute Gasteiger partial charge is 0.370 e. The number of H-pyrrole nitrogens is 1. The minimum absolute atomic E-state index is 0.267. The van der Waals surface area contributed by atoms with Crippen molar-refractivity contribution in [3.63, 3.8) is 0 Å². The zero-order valence-corrected chi connectivity index (χ0v) is 8.82. The molecule has 0 aliphatic rings. The van der Waals surface area contributed by atoms with Crippen molar-refractivity contribution in [3.8, 4) is 0 Å². The highest BCUT2D eigenvalue weighted by Crippen LogP contribution is 2.15. The third-order valence-corrected chi connectivity index (χ3v) is 2.47. The Morgan fingerprint density at radius 1 is 1.44 bits per heavy atom. The van der Waals surface area contributed by atoms with Crippen molar-refractivity contribution in [1.82, 2.24) is 9.88 Å². The monoisotopic (exact) mass is 216 g/mol. The van der Waals surface area contributed by atoms with Crippen molar-refractivity contribution in [2.24, 2.45) is 5.73 Å². The van der Waals surface area contributed by atoms with E-state index in [1.807, 2.05) is 18.3 Å². The minimum atomic E-state index is -0.288. The van der Waals surface area contributed by atoms with Crippen LogP contribution in [0.2, 0.25) is 0 Å². The number of nitrogens with two attached hydrogens (primary N) is 1. The van der Waals surface area contributed by atoms with Crippen LogP contribution in [-0.2, 0) is 0 Å². The lowest BCUT2D eigenvalue weighted by Crippen LogP contribution is -2.37. The first-order valence-corrected chi connectivity index (χ1v) is 4.79. The molecule has 4 N–H and O–H groups in total. The Balaban J connectivity index is 2.39. The number of guanidine groups is 1. The molecule has 0 atom stereocenters. The molecule has 16 heavy (non-hydrogen) atoms. The van der Waals surface area contributed by atoms with Crippen LogP contribution in [0, 0.1) is 5.41 Å². The summed E-state index contributed by atoms with van der Waals surface area (Å²) >= 11 is 0. The summed E-state index contributed by atoms with van der Waals surface area (Å²) in [5.41, 5.74) is 6.65. The van der Waals surface area contributed by atoms with E-state index < -0.39 is 0 Å². The summed E-state index contributed by atoms with van der Waals surface area (Å²) in [6.45, 7) is 0. The lowest BCUT2D eigenvalue weighted by atomic mass is 10.1. The summed E-state index contributed by atoms with van der Waals surface area (Å²) in [6.07, 6.45) is 1.81. The van der Waals surface area contributed by atoms with Crippen LogP contribution in [0.3, 0.4) is 0 Å². The molecular formula is C11H12N4O. The van der Waals surface area contributed by atoms with Crippen LogP contribution in [0.25, 0.3) is 10.9 Å². The molecule has 0 saturated heterocycles. The fourth-order valence-corrected chi connectivity index (χ4v) is 1.48. The lowest BCUT2D eigenvalue weighted by Gasteiger charge is -2.14. The molecule has 0 aliphatic carbocycles. The minimum Gasteiger partial charge on any atom is -0.370 e. The van der Waals surface area contributed by atoms with E-state index >= 15 is 0 Å². The van der Waals surface area contributed by atoms with Gasteiger partial charge in [0.15, 0.2) is 5.96 Å². The molecule has 5 heteroatoms. The number of aromatic amines is 1. The van der Waals surface area contributed by atoms with Crippen molar-refractivity contribution in [3.05, 3.63) is 36.0 Å². The molecular weight excluding hydrogens is 204 g/mol. The summed E-state index contributed by atoms with van der Waals surface area (Å²) < 4.78 is 0. The maximum absolute atomic E-state index is 11.8. The van der Waals surface area contributed by atoms with Gasteiger partial charge in [-0.25, -0.2) is 0 Å². The molecule has 1 heterocycles. The van der Waals surface area contributed by atoms with Crippen LogP contribution in [0.15, 0.2) is 30.5 Å². The van der Waals surface area contributed by atoms with Gasteiger partial charge in [-0.3, -0.25) is 15.1 Å². The number of nitrogens with zero attached hydrogens (tertiary/aromatic N) is 1. The number of nitrogens with one attached hydrogen (secondary N) is 2. The zero-order chi connectivity index (χ0) is 11.7. The van der Waals surface area contributed by atoms with E-state index in [0.29, 0.717) is 5.56 Å². The van der Waals surface area contributed by atoms with Crippen LogP contribution >= 0.6 is 0 Å². The summed E-state index contributed by atoms with van der Waals surface area (Å²) in [7, 11) is 1.48. The van der Waals surface area contributed by atoms with Gasteiger partial charge in [0.2, 0.25) is 0 Å². The van der Waals surface area contributed by atoms with Crippen molar-refractivity contribution < 1.29 is 4.79 Å². The molecule has 5 nitrogen and oxygen atoms in total. The Labute approximate surface area is 92.4 Å². The third-order valence-electron chi connectivity index (χ3n) is 2.47. The third kappa shape index (κ3) is 1.63. The summed E-state index contributed by atoms with van der Waals surface area (Å²) in [5, 5.41) is 8.23. The Bertz CT molecular complexity index is 558. The molecule has 1 amide bonds. The summed E-state index contributed by atoms with van der Waals surface area (Å²) in [4.78, 5) is 16.0. The van der Waals surface area contributed by atoms with Crippen LogP contribution in [0.4, 0.5) is 0 Å². The van der Waals surface area contributed by atoms with Gasteiger partial charge in [0.1, 0.15) is 0 Å². The number of rotatable bonds is 1. The number of benzene rings is 1. The fraction of sp³-hybridized carbons (Fsp3) is 0.0909. The Kier molecular flexibility index (Phi) is 2.36.